The molecule has 0 aromatic heterocycles. The lowest BCUT2D eigenvalue weighted by molar-refractivity contribution is -0.138. The van der Waals surface area contributed by atoms with Crippen LogP contribution in [0.2, 0.25) is 0 Å². The number of aliphatic carboxylic acids is 1. The van der Waals surface area contributed by atoms with Gasteiger partial charge in [0.2, 0.25) is 0 Å². The van der Waals surface area contributed by atoms with Crippen LogP contribution in [0.3, 0.4) is 0 Å². The Labute approximate surface area is 116 Å². The summed E-state index contributed by atoms with van der Waals surface area (Å²) in [4.78, 5) is 10.7. The lowest BCUT2D eigenvalue weighted by Crippen LogP contribution is -2.32. The van der Waals surface area contributed by atoms with Crippen LogP contribution in [0, 0.1) is 0 Å². The molecule has 2 rings (SSSR count). The highest BCUT2D eigenvalue weighted by molar-refractivity contribution is 7.86. The van der Waals surface area contributed by atoms with E-state index in [9.17, 15) is 13.2 Å². The highest BCUT2D eigenvalue weighted by atomic mass is 32.2. The zero-order valence-corrected chi connectivity index (χ0v) is 11.6. The molecular weight excluding hydrogens is 286 g/mol. The van der Waals surface area contributed by atoms with Crippen molar-refractivity contribution in [3.05, 3.63) is 29.3 Å². The molecular formula is C12H15NO6S. The molecule has 3 N–H and O–H groups in total. The Bertz CT molecular complexity index is 623. The standard InChI is InChI=1S/C12H15NO6S/c1-20(16,17)19-10-3-2-7(5-9(13)12(14)15)4-8(10)11-6-18-11/h2-4,9,11H,5-6,13H2,1H3,(H,14,15). The molecule has 0 saturated carbocycles. The largest absolute Gasteiger partial charge is 0.480 e. The number of carbonyl (C=O) groups is 1. The summed E-state index contributed by atoms with van der Waals surface area (Å²) < 4.78 is 32.4. The second kappa shape index (κ2) is 5.39. The van der Waals surface area contributed by atoms with E-state index >= 15 is 0 Å². The summed E-state index contributed by atoms with van der Waals surface area (Å²) in [6.45, 7) is 0.481. The Hall–Kier alpha value is -1.64. The monoisotopic (exact) mass is 301 g/mol. The van der Waals surface area contributed by atoms with Crippen LogP contribution in [0.25, 0.3) is 0 Å². The fraction of sp³-hybridized carbons (Fsp3) is 0.417. The summed E-state index contributed by atoms with van der Waals surface area (Å²) in [5, 5.41) is 8.79. The van der Waals surface area contributed by atoms with Crippen LogP contribution in [0.15, 0.2) is 18.2 Å². The van der Waals surface area contributed by atoms with E-state index in [0.717, 1.165) is 6.26 Å². The van der Waals surface area contributed by atoms with E-state index in [0.29, 0.717) is 17.7 Å². The van der Waals surface area contributed by atoms with Crippen LogP contribution in [0.5, 0.6) is 5.75 Å². The van der Waals surface area contributed by atoms with Gasteiger partial charge in [-0.3, -0.25) is 4.79 Å². The van der Waals surface area contributed by atoms with E-state index in [4.69, 9.17) is 19.8 Å². The van der Waals surface area contributed by atoms with Crippen molar-refractivity contribution in [2.75, 3.05) is 12.9 Å². The van der Waals surface area contributed by atoms with E-state index < -0.39 is 22.1 Å². The van der Waals surface area contributed by atoms with E-state index in [1.165, 1.54) is 6.07 Å². The van der Waals surface area contributed by atoms with Crippen molar-refractivity contribution in [2.45, 2.75) is 18.6 Å². The van der Waals surface area contributed by atoms with Crippen LogP contribution in [0.4, 0.5) is 0 Å². The van der Waals surface area contributed by atoms with E-state index in [2.05, 4.69) is 0 Å². The van der Waals surface area contributed by atoms with E-state index in [-0.39, 0.29) is 18.3 Å². The number of carboxylic acid groups (broad SMARTS) is 1. The van der Waals surface area contributed by atoms with Gasteiger partial charge in [0.15, 0.2) is 0 Å². The molecule has 110 valence electrons. The van der Waals surface area contributed by atoms with Crippen LogP contribution in [-0.2, 0) is 26.1 Å². The van der Waals surface area contributed by atoms with Gasteiger partial charge in [-0.25, -0.2) is 0 Å². The molecule has 1 aromatic carbocycles. The summed E-state index contributed by atoms with van der Waals surface area (Å²) in [6.07, 6.45) is 0.889. The molecule has 1 aliphatic heterocycles. The van der Waals surface area contributed by atoms with Crippen molar-refractivity contribution in [1.82, 2.24) is 0 Å². The van der Waals surface area contributed by atoms with Gasteiger partial charge in [-0.15, -0.1) is 0 Å². The van der Waals surface area contributed by atoms with Crippen molar-refractivity contribution in [1.29, 1.82) is 0 Å². The minimum absolute atomic E-state index is 0.147. The zero-order chi connectivity index (χ0) is 14.9. The highest BCUT2D eigenvalue weighted by Crippen LogP contribution is 2.37. The molecule has 8 heteroatoms. The molecule has 1 saturated heterocycles. The Morgan fingerprint density at radius 3 is 2.75 bits per heavy atom. The number of rotatable bonds is 6. The highest BCUT2D eigenvalue weighted by Gasteiger charge is 2.29. The molecule has 0 spiro atoms. The van der Waals surface area contributed by atoms with Crippen molar-refractivity contribution < 1.29 is 27.2 Å². The third kappa shape index (κ3) is 3.92. The average molecular weight is 301 g/mol. The number of hydrogen-bond acceptors (Lipinski definition) is 6. The molecule has 2 atom stereocenters. The summed E-state index contributed by atoms with van der Waals surface area (Å²) >= 11 is 0. The Morgan fingerprint density at radius 2 is 2.25 bits per heavy atom. The summed E-state index contributed by atoms with van der Waals surface area (Å²) in [6, 6.07) is 3.74. The van der Waals surface area contributed by atoms with Gasteiger partial charge >= 0.3 is 16.1 Å². The van der Waals surface area contributed by atoms with Gasteiger partial charge in [-0.2, -0.15) is 8.42 Å². The predicted molar refractivity (Wildman–Crippen MR) is 69.9 cm³/mol. The van der Waals surface area contributed by atoms with E-state index in [1.54, 1.807) is 12.1 Å². The van der Waals surface area contributed by atoms with Crippen LogP contribution in [0.1, 0.15) is 17.2 Å². The third-order valence-corrected chi connectivity index (χ3v) is 3.25. The Morgan fingerprint density at radius 1 is 1.60 bits per heavy atom. The SMILES string of the molecule is CS(=O)(=O)Oc1ccc(CC(N)C(=O)O)cc1C1CO1. The smallest absolute Gasteiger partial charge is 0.320 e. The molecule has 0 aliphatic carbocycles. The first-order valence-corrected chi connectivity index (χ1v) is 7.70. The van der Waals surface area contributed by atoms with Crippen LogP contribution in [-0.4, -0.2) is 38.4 Å². The molecule has 0 bridgehead atoms. The molecule has 1 heterocycles. The lowest BCUT2D eigenvalue weighted by atomic mass is 10.0. The number of carboxylic acids is 1. The maximum absolute atomic E-state index is 11.2. The second-order valence-corrected chi connectivity index (χ2v) is 6.21. The molecule has 1 aliphatic rings. The molecule has 1 fully saturated rings. The number of epoxide rings is 1. The molecule has 1 aromatic rings. The summed E-state index contributed by atoms with van der Waals surface area (Å²) in [7, 11) is -3.63. The minimum Gasteiger partial charge on any atom is -0.480 e. The van der Waals surface area contributed by atoms with Gasteiger partial charge < -0.3 is 19.8 Å². The number of benzene rings is 1. The fourth-order valence-corrected chi connectivity index (χ4v) is 2.26. The van der Waals surface area contributed by atoms with Gasteiger partial charge in [-0.1, -0.05) is 6.07 Å². The maximum atomic E-state index is 11.2. The molecule has 0 amide bonds. The first-order valence-electron chi connectivity index (χ1n) is 5.88. The lowest BCUT2D eigenvalue weighted by Gasteiger charge is -2.11. The topological polar surface area (TPSA) is 119 Å². The van der Waals surface area contributed by atoms with Crippen molar-refractivity contribution in [3.63, 3.8) is 0 Å². The van der Waals surface area contributed by atoms with Crippen molar-refractivity contribution >= 4 is 16.1 Å². The first-order chi connectivity index (χ1) is 9.26. The van der Waals surface area contributed by atoms with Gasteiger partial charge in [0.25, 0.3) is 0 Å². The third-order valence-electron chi connectivity index (χ3n) is 2.77. The maximum Gasteiger partial charge on any atom is 0.320 e. The van der Waals surface area contributed by atoms with Gasteiger partial charge in [0, 0.05) is 5.56 Å². The van der Waals surface area contributed by atoms with Crippen LogP contribution >= 0.6 is 0 Å². The number of hydrogen-bond donors (Lipinski definition) is 2. The summed E-state index contributed by atoms with van der Waals surface area (Å²) in [5.41, 5.74) is 6.75. The Balaban J connectivity index is 2.26. The van der Waals surface area contributed by atoms with Crippen molar-refractivity contribution in [3.8, 4) is 5.75 Å². The van der Waals surface area contributed by atoms with E-state index in [1.807, 2.05) is 0 Å². The molecule has 2 unspecified atom stereocenters. The fourth-order valence-electron chi connectivity index (χ4n) is 1.78. The average Bonchev–Trinajstić information content (AvgIpc) is 3.13. The van der Waals surface area contributed by atoms with Crippen molar-refractivity contribution in [2.24, 2.45) is 5.73 Å². The van der Waals surface area contributed by atoms with Gasteiger partial charge in [0.1, 0.15) is 17.9 Å². The van der Waals surface area contributed by atoms with Gasteiger partial charge in [0.05, 0.1) is 12.9 Å². The van der Waals surface area contributed by atoms with Crippen LogP contribution < -0.4 is 9.92 Å². The Kier molecular flexibility index (Phi) is 3.98. The minimum atomic E-state index is -3.63. The predicted octanol–water partition coefficient (Wildman–Crippen LogP) is 0.0507. The number of nitrogens with two attached hydrogens (primary N) is 1. The first kappa shape index (κ1) is 14.8. The quantitative estimate of drug-likeness (QED) is 0.562. The van der Waals surface area contributed by atoms with Gasteiger partial charge in [-0.05, 0) is 24.1 Å². The second-order valence-electron chi connectivity index (χ2n) is 4.63. The molecule has 0 radical (unpaired) electrons. The molecule has 20 heavy (non-hydrogen) atoms. The number of ether oxygens (including phenoxy) is 1. The normalized spacial score (nSPS) is 19.4. The molecule has 7 nitrogen and oxygen atoms in total. The zero-order valence-electron chi connectivity index (χ0n) is 10.8. The summed E-state index contributed by atoms with van der Waals surface area (Å²) in [5.74, 6) is -0.895.